The molecule has 3 saturated heterocycles. The van der Waals surface area contributed by atoms with Gasteiger partial charge in [0, 0.05) is 18.4 Å². The lowest BCUT2D eigenvalue weighted by Gasteiger charge is -2.45. The first kappa shape index (κ1) is 28.5. The van der Waals surface area contributed by atoms with E-state index in [2.05, 4.69) is 6.58 Å². The second kappa shape index (κ2) is 11.1. The molecule has 0 aromatic heterocycles. The Kier molecular flexibility index (Phi) is 8.09. The van der Waals surface area contributed by atoms with E-state index in [-0.39, 0.29) is 38.0 Å². The highest BCUT2D eigenvalue weighted by Crippen LogP contribution is 2.53. The Morgan fingerprint density at radius 3 is 2.08 bits per heavy atom. The molecule has 11 nitrogen and oxygen atoms in total. The first-order chi connectivity index (χ1) is 18.7. The quantitative estimate of drug-likeness (QED) is 0.274. The predicted octanol–water partition coefficient (Wildman–Crippen LogP) is 2.93. The van der Waals surface area contributed by atoms with Crippen LogP contribution in [0.1, 0.15) is 72.1 Å². The van der Waals surface area contributed by atoms with Crippen LogP contribution in [0.2, 0.25) is 0 Å². The van der Waals surface area contributed by atoms with Crippen LogP contribution in [0, 0.1) is 11.8 Å². The van der Waals surface area contributed by atoms with E-state index in [9.17, 15) is 14.4 Å². The van der Waals surface area contributed by atoms with Crippen LogP contribution in [-0.2, 0) is 52.3 Å². The molecule has 0 aromatic rings. The minimum atomic E-state index is -1.54. The normalized spacial score (nSPS) is 41.4. The molecule has 0 radical (unpaired) electrons. The molecule has 4 unspecified atom stereocenters. The second-order valence-electron chi connectivity index (χ2n) is 11.1. The predicted molar refractivity (Wildman–Crippen MR) is 133 cm³/mol. The number of ether oxygens (including phenoxy) is 8. The van der Waals surface area contributed by atoms with Gasteiger partial charge >= 0.3 is 17.9 Å². The number of hydrogen-bond acceptors (Lipinski definition) is 11. The number of hydrogen-bond donors (Lipinski definition) is 0. The Labute approximate surface area is 228 Å². The van der Waals surface area contributed by atoms with Gasteiger partial charge in [-0.3, -0.25) is 9.59 Å². The van der Waals surface area contributed by atoms with Crippen LogP contribution in [-0.4, -0.2) is 80.0 Å². The van der Waals surface area contributed by atoms with Crippen LogP contribution in [0.25, 0.3) is 0 Å². The van der Waals surface area contributed by atoms with E-state index >= 15 is 0 Å². The molecule has 0 amide bonds. The zero-order valence-electron chi connectivity index (χ0n) is 23.1. The molecule has 0 aromatic carbocycles. The van der Waals surface area contributed by atoms with Crippen LogP contribution in [0.15, 0.2) is 12.2 Å². The van der Waals surface area contributed by atoms with Crippen molar-refractivity contribution in [3.8, 4) is 0 Å². The average molecular weight is 553 g/mol. The second-order valence-corrected chi connectivity index (χ2v) is 11.1. The summed E-state index contributed by atoms with van der Waals surface area (Å²) in [5, 5.41) is 0. The standard InChI is InChI=1S/C28H40O11/c1-5-32-24(30)18-11-7-9-13-26(18)35-16-28(39-26)22(36-23(29)17(3)4)21-20(15-34-28)37-27(38-21)14-10-8-12-19(27)25(31)33-6-2/h18-22H,3,5-16H2,1-2,4H3/t18?,19?,20-,21-,22+,26?,27?,28+/m1/s1. The Morgan fingerprint density at radius 2 is 1.46 bits per heavy atom. The summed E-state index contributed by atoms with van der Waals surface area (Å²) in [6, 6.07) is 0. The lowest BCUT2D eigenvalue weighted by Crippen LogP contribution is -2.64. The van der Waals surface area contributed by atoms with Gasteiger partial charge in [-0.15, -0.1) is 0 Å². The van der Waals surface area contributed by atoms with Crippen molar-refractivity contribution in [2.24, 2.45) is 11.8 Å². The molecule has 0 bridgehead atoms. The molecule has 5 fully saturated rings. The van der Waals surface area contributed by atoms with Gasteiger partial charge in [0.2, 0.25) is 5.79 Å². The van der Waals surface area contributed by atoms with E-state index in [0.29, 0.717) is 25.7 Å². The fourth-order valence-electron chi connectivity index (χ4n) is 6.64. The highest BCUT2D eigenvalue weighted by molar-refractivity contribution is 5.87. The summed E-state index contributed by atoms with van der Waals surface area (Å²) in [7, 11) is 0. The third kappa shape index (κ3) is 5.01. The van der Waals surface area contributed by atoms with E-state index in [1.807, 2.05) is 0 Å². The minimum Gasteiger partial charge on any atom is -0.466 e. The monoisotopic (exact) mass is 552 g/mol. The molecule has 8 atom stereocenters. The minimum absolute atomic E-state index is 0.0621. The van der Waals surface area contributed by atoms with Crippen molar-refractivity contribution >= 4 is 17.9 Å². The van der Waals surface area contributed by atoms with Crippen LogP contribution in [0.5, 0.6) is 0 Å². The van der Waals surface area contributed by atoms with Crippen molar-refractivity contribution < 1.29 is 52.3 Å². The van der Waals surface area contributed by atoms with Crippen LogP contribution in [0.3, 0.4) is 0 Å². The van der Waals surface area contributed by atoms with Gasteiger partial charge in [-0.1, -0.05) is 19.4 Å². The molecule has 0 N–H and O–H groups in total. The summed E-state index contributed by atoms with van der Waals surface area (Å²) >= 11 is 0. The summed E-state index contributed by atoms with van der Waals surface area (Å²) < 4.78 is 48.9. The van der Waals surface area contributed by atoms with E-state index in [1.54, 1.807) is 20.8 Å². The van der Waals surface area contributed by atoms with Crippen molar-refractivity contribution in [1.29, 1.82) is 0 Å². The summed E-state index contributed by atoms with van der Waals surface area (Å²) in [4.78, 5) is 38.7. The molecule has 39 heavy (non-hydrogen) atoms. The molecule has 3 aliphatic heterocycles. The maximum atomic E-state index is 12.9. The van der Waals surface area contributed by atoms with E-state index in [4.69, 9.17) is 37.9 Å². The topological polar surface area (TPSA) is 125 Å². The highest BCUT2D eigenvalue weighted by Gasteiger charge is 2.70. The van der Waals surface area contributed by atoms with E-state index in [1.165, 1.54) is 0 Å². The molecular formula is C28H40O11. The van der Waals surface area contributed by atoms with Crippen molar-refractivity contribution in [2.75, 3.05) is 26.4 Å². The third-order valence-corrected chi connectivity index (χ3v) is 8.46. The van der Waals surface area contributed by atoms with E-state index in [0.717, 1.165) is 25.7 Å². The third-order valence-electron chi connectivity index (χ3n) is 8.46. The van der Waals surface area contributed by atoms with Gasteiger partial charge in [0.15, 0.2) is 17.7 Å². The van der Waals surface area contributed by atoms with Gasteiger partial charge in [-0.25, -0.2) is 4.79 Å². The lowest BCUT2D eigenvalue weighted by atomic mass is 9.83. The Balaban J connectivity index is 1.46. The molecule has 3 spiro atoms. The van der Waals surface area contributed by atoms with Crippen molar-refractivity contribution in [2.45, 2.75) is 108 Å². The Bertz CT molecular complexity index is 951. The van der Waals surface area contributed by atoms with Crippen molar-refractivity contribution in [3.05, 3.63) is 12.2 Å². The Hall–Kier alpha value is -2.05. The summed E-state index contributed by atoms with van der Waals surface area (Å²) in [5.41, 5.74) is 0.193. The van der Waals surface area contributed by atoms with Crippen LogP contribution >= 0.6 is 0 Å². The number of carbonyl (C=O) groups excluding carboxylic acids is 3. The number of fused-ring (bicyclic) bond motifs is 1. The molecule has 2 saturated carbocycles. The van der Waals surface area contributed by atoms with Gasteiger partial charge in [0.25, 0.3) is 0 Å². The van der Waals surface area contributed by atoms with Gasteiger partial charge in [0.1, 0.15) is 30.7 Å². The number of rotatable bonds is 6. The fourth-order valence-corrected chi connectivity index (χ4v) is 6.64. The lowest BCUT2D eigenvalue weighted by molar-refractivity contribution is -0.344. The zero-order valence-corrected chi connectivity index (χ0v) is 23.1. The maximum Gasteiger partial charge on any atom is 0.333 e. The van der Waals surface area contributed by atoms with Crippen LogP contribution < -0.4 is 0 Å². The maximum absolute atomic E-state index is 12.9. The molecule has 2 aliphatic carbocycles. The number of esters is 3. The van der Waals surface area contributed by atoms with E-state index < -0.39 is 59.4 Å². The van der Waals surface area contributed by atoms with Crippen molar-refractivity contribution in [3.63, 3.8) is 0 Å². The first-order valence-corrected chi connectivity index (χ1v) is 14.2. The van der Waals surface area contributed by atoms with Crippen LogP contribution in [0.4, 0.5) is 0 Å². The number of carbonyl (C=O) groups is 3. The highest BCUT2D eigenvalue weighted by atomic mass is 16.9. The smallest absolute Gasteiger partial charge is 0.333 e. The Morgan fingerprint density at radius 1 is 0.846 bits per heavy atom. The summed E-state index contributed by atoms with van der Waals surface area (Å²) in [6.45, 7) is 9.25. The summed E-state index contributed by atoms with van der Waals surface area (Å²) in [6.07, 6.45) is 2.80. The molecule has 218 valence electrons. The molecule has 3 heterocycles. The van der Waals surface area contributed by atoms with Gasteiger partial charge in [-0.05, 0) is 46.5 Å². The SMILES string of the molecule is C=C(C)C(=O)O[C@H]1[C@@H]2OC3(CCCCC3C(=O)OCC)O[C@@H]2CO[C@]12COC1(CCCCC1C(=O)OCC)O2. The summed E-state index contributed by atoms with van der Waals surface area (Å²) in [5.74, 6) is -6.73. The first-order valence-electron chi connectivity index (χ1n) is 14.2. The fraction of sp³-hybridized carbons (Fsp3) is 0.821. The largest absolute Gasteiger partial charge is 0.466 e. The van der Waals surface area contributed by atoms with Gasteiger partial charge in [0.05, 0.1) is 19.8 Å². The molecule has 5 rings (SSSR count). The zero-order chi connectivity index (χ0) is 27.8. The molecule has 5 aliphatic rings. The van der Waals surface area contributed by atoms with Crippen molar-refractivity contribution in [1.82, 2.24) is 0 Å². The van der Waals surface area contributed by atoms with Gasteiger partial charge < -0.3 is 37.9 Å². The van der Waals surface area contributed by atoms with Gasteiger partial charge in [-0.2, -0.15) is 0 Å². The molecular weight excluding hydrogens is 512 g/mol. The molecule has 11 heteroatoms. The average Bonchev–Trinajstić information content (AvgIpc) is 3.46.